The van der Waals surface area contributed by atoms with Gasteiger partial charge in [0.2, 0.25) is 11.1 Å². The largest absolute Gasteiger partial charge is 0.325 e. The summed E-state index contributed by atoms with van der Waals surface area (Å²) in [5, 5.41) is 12.8. The monoisotopic (exact) mass is 378 g/mol. The van der Waals surface area contributed by atoms with Gasteiger partial charge in [-0.2, -0.15) is 0 Å². The zero-order valence-electron chi connectivity index (χ0n) is 13.0. The van der Waals surface area contributed by atoms with Crippen LogP contribution in [0.15, 0.2) is 40.9 Å². The third kappa shape index (κ3) is 3.80. The number of H-pyrrole nitrogens is 1. The van der Waals surface area contributed by atoms with Crippen molar-refractivity contribution in [2.75, 3.05) is 5.32 Å². The minimum absolute atomic E-state index is 0.118. The summed E-state index contributed by atoms with van der Waals surface area (Å²) in [4.78, 5) is 17.8. The molecule has 2 heterocycles. The maximum Gasteiger partial charge on any atom is 0.237 e. The molecule has 0 bridgehead atoms. The molecule has 24 heavy (non-hydrogen) atoms. The molecule has 0 aliphatic heterocycles. The number of hydrogen-bond acceptors (Lipinski definition) is 5. The Bertz CT molecular complexity index is 848. The quantitative estimate of drug-likeness (QED) is 0.636. The second-order valence-corrected chi connectivity index (χ2v) is 7.77. The van der Waals surface area contributed by atoms with Crippen molar-refractivity contribution in [3.05, 3.63) is 46.3 Å². The van der Waals surface area contributed by atoms with Gasteiger partial charge >= 0.3 is 0 Å². The molecule has 8 heteroatoms. The topological polar surface area (TPSA) is 70.7 Å². The number of thioether (sulfide) groups is 1. The zero-order chi connectivity index (χ0) is 17.1. The Balaban J connectivity index is 1.65. The zero-order valence-corrected chi connectivity index (χ0v) is 15.4. The summed E-state index contributed by atoms with van der Waals surface area (Å²) in [5.74, 6) is 0.596. The molecule has 0 fully saturated rings. The molecule has 1 aromatic carbocycles. The average molecular weight is 379 g/mol. The smallest absolute Gasteiger partial charge is 0.237 e. The van der Waals surface area contributed by atoms with Crippen molar-refractivity contribution in [1.82, 2.24) is 15.2 Å². The molecule has 0 spiro atoms. The number of rotatable bonds is 5. The van der Waals surface area contributed by atoms with E-state index in [4.69, 9.17) is 11.6 Å². The Hall–Kier alpha value is -1.83. The van der Waals surface area contributed by atoms with Gasteiger partial charge < -0.3 is 5.32 Å². The summed E-state index contributed by atoms with van der Waals surface area (Å²) < 4.78 is 0. The molecular formula is C16H15ClN4OS2. The molecule has 1 amide bonds. The number of anilines is 1. The number of aromatic nitrogens is 3. The molecule has 5 nitrogen and oxygen atoms in total. The molecule has 0 unspecified atom stereocenters. The number of aromatic amines is 1. The fourth-order valence-electron chi connectivity index (χ4n) is 2.01. The lowest BCUT2D eigenvalue weighted by molar-refractivity contribution is -0.115. The number of hydrogen-bond donors (Lipinski definition) is 2. The first-order chi connectivity index (χ1) is 11.5. The van der Waals surface area contributed by atoms with Gasteiger partial charge in [-0.25, -0.2) is 4.98 Å². The number of benzene rings is 1. The van der Waals surface area contributed by atoms with Crippen LogP contribution >= 0.6 is 34.7 Å². The van der Waals surface area contributed by atoms with Crippen LogP contribution in [0, 0.1) is 6.92 Å². The van der Waals surface area contributed by atoms with E-state index in [-0.39, 0.29) is 11.2 Å². The van der Waals surface area contributed by atoms with Crippen molar-refractivity contribution >= 4 is 46.3 Å². The van der Waals surface area contributed by atoms with Gasteiger partial charge in [0.25, 0.3) is 0 Å². The normalized spacial score (nSPS) is 12.1. The number of nitrogens with one attached hydrogen (secondary N) is 2. The second-order valence-electron chi connectivity index (χ2n) is 5.11. The lowest BCUT2D eigenvalue weighted by atomic mass is 10.2. The van der Waals surface area contributed by atoms with Crippen molar-refractivity contribution in [3.63, 3.8) is 0 Å². The van der Waals surface area contributed by atoms with Gasteiger partial charge in [0, 0.05) is 10.7 Å². The molecule has 2 aromatic heterocycles. The van der Waals surface area contributed by atoms with E-state index >= 15 is 0 Å². The standard InChI is InChI=1S/C16H15ClN4OS2/c1-9-11(17)5-3-6-12(9)18-15(22)10(2)24-16-19-14(20-21-16)13-7-4-8-23-13/h3-8,10H,1-2H3,(H,18,22)(H,19,20,21)/t10-/m0/s1. The maximum absolute atomic E-state index is 12.4. The van der Waals surface area contributed by atoms with E-state index in [1.165, 1.54) is 11.8 Å². The van der Waals surface area contributed by atoms with E-state index < -0.39 is 0 Å². The minimum Gasteiger partial charge on any atom is -0.325 e. The SMILES string of the molecule is Cc1c(Cl)cccc1NC(=O)[C@H](C)Sc1n[nH]c(-c2cccs2)n1. The van der Waals surface area contributed by atoms with Crippen LogP contribution in [0.5, 0.6) is 0 Å². The summed E-state index contributed by atoms with van der Waals surface area (Å²) in [6, 6.07) is 9.37. The number of amides is 1. The molecular weight excluding hydrogens is 364 g/mol. The third-order valence-corrected chi connectivity index (χ3v) is 5.64. The Labute approximate surface area is 152 Å². The molecule has 0 radical (unpaired) electrons. The van der Waals surface area contributed by atoms with Crippen molar-refractivity contribution in [2.24, 2.45) is 0 Å². The van der Waals surface area contributed by atoms with Crippen LogP contribution < -0.4 is 5.32 Å². The van der Waals surface area contributed by atoms with Gasteiger partial charge in [-0.15, -0.1) is 16.4 Å². The highest BCUT2D eigenvalue weighted by Crippen LogP contribution is 2.27. The van der Waals surface area contributed by atoms with Gasteiger partial charge in [-0.1, -0.05) is 35.5 Å². The third-order valence-electron chi connectivity index (χ3n) is 3.40. The molecule has 124 valence electrons. The number of nitrogens with zero attached hydrogens (tertiary/aromatic N) is 2. The van der Waals surface area contributed by atoms with Gasteiger partial charge in [0.1, 0.15) is 0 Å². The van der Waals surface area contributed by atoms with E-state index in [2.05, 4.69) is 20.5 Å². The minimum atomic E-state index is -0.338. The highest BCUT2D eigenvalue weighted by atomic mass is 35.5. The van der Waals surface area contributed by atoms with Gasteiger partial charge in [-0.3, -0.25) is 9.89 Å². The highest BCUT2D eigenvalue weighted by molar-refractivity contribution is 8.00. The number of carbonyl (C=O) groups excluding carboxylic acids is 1. The van der Waals surface area contributed by atoms with Crippen molar-refractivity contribution in [1.29, 1.82) is 0 Å². The second kappa shape index (κ2) is 7.38. The van der Waals surface area contributed by atoms with E-state index in [0.29, 0.717) is 21.7 Å². The van der Waals surface area contributed by atoms with Crippen LogP contribution in [0.1, 0.15) is 12.5 Å². The van der Waals surface area contributed by atoms with Gasteiger partial charge in [-0.05, 0) is 43.0 Å². The van der Waals surface area contributed by atoms with E-state index in [1.54, 1.807) is 17.4 Å². The predicted molar refractivity (Wildman–Crippen MR) is 99.8 cm³/mol. The molecule has 0 saturated carbocycles. The van der Waals surface area contributed by atoms with E-state index in [0.717, 1.165) is 10.4 Å². The molecule has 0 aliphatic carbocycles. The van der Waals surface area contributed by atoms with Crippen LogP contribution in [0.25, 0.3) is 10.7 Å². The lowest BCUT2D eigenvalue weighted by Crippen LogP contribution is -2.23. The van der Waals surface area contributed by atoms with Gasteiger partial charge in [0.05, 0.1) is 10.1 Å². The highest BCUT2D eigenvalue weighted by Gasteiger charge is 2.18. The van der Waals surface area contributed by atoms with Crippen LogP contribution in [-0.2, 0) is 4.79 Å². The van der Waals surface area contributed by atoms with Crippen molar-refractivity contribution in [2.45, 2.75) is 24.3 Å². The first-order valence-corrected chi connectivity index (χ1v) is 9.37. The van der Waals surface area contributed by atoms with Crippen LogP contribution in [0.4, 0.5) is 5.69 Å². The number of carbonyl (C=O) groups is 1. The maximum atomic E-state index is 12.4. The summed E-state index contributed by atoms with van der Waals surface area (Å²) in [6.45, 7) is 3.69. The Morgan fingerprint density at radius 2 is 2.21 bits per heavy atom. The molecule has 0 saturated heterocycles. The number of halogens is 1. The van der Waals surface area contributed by atoms with Crippen molar-refractivity contribution in [3.8, 4) is 10.7 Å². The first kappa shape index (κ1) is 17.0. The molecule has 3 aromatic rings. The summed E-state index contributed by atoms with van der Waals surface area (Å²) >= 11 is 8.97. The summed E-state index contributed by atoms with van der Waals surface area (Å²) in [7, 11) is 0. The van der Waals surface area contributed by atoms with Crippen LogP contribution in [0.2, 0.25) is 5.02 Å². The summed E-state index contributed by atoms with van der Waals surface area (Å²) in [6.07, 6.45) is 0. The first-order valence-electron chi connectivity index (χ1n) is 7.23. The van der Waals surface area contributed by atoms with E-state index in [9.17, 15) is 4.79 Å². The lowest BCUT2D eigenvalue weighted by Gasteiger charge is -2.12. The van der Waals surface area contributed by atoms with Gasteiger partial charge in [0.15, 0.2) is 5.82 Å². The van der Waals surface area contributed by atoms with Crippen LogP contribution in [-0.4, -0.2) is 26.3 Å². The molecule has 1 atom stereocenters. The fraction of sp³-hybridized carbons (Fsp3) is 0.188. The Kier molecular flexibility index (Phi) is 5.23. The molecule has 2 N–H and O–H groups in total. The Morgan fingerprint density at radius 3 is 2.96 bits per heavy atom. The molecule has 0 aliphatic rings. The average Bonchev–Trinajstić information content (AvgIpc) is 3.22. The van der Waals surface area contributed by atoms with E-state index in [1.807, 2.05) is 43.5 Å². The fourth-order valence-corrected chi connectivity index (χ4v) is 3.57. The molecule has 3 rings (SSSR count). The number of thiophene rings is 1. The predicted octanol–water partition coefficient (Wildman–Crippen LogP) is 4.61. The Morgan fingerprint density at radius 1 is 1.38 bits per heavy atom. The van der Waals surface area contributed by atoms with Crippen molar-refractivity contribution < 1.29 is 4.79 Å². The van der Waals surface area contributed by atoms with Crippen LogP contribution in [0.3, 0.4) is 0 Å². The summed E-state index contributed by atoms with van der Waals surface area (Å²) in [5.41, 5.74) is 1.57.